The molecule has 0 aromatic heterocycles. The van der Waals surface area contributed by atoms with Crippen LogP contribution >= 0.6 is 0 Å². The van der Waals surface area contributed by atoms with Gasteiger partial charge in [-0.05, 0) is 38.5 Å². The van der Waals surface area contributed by atoms with Crippen LogP contribution in [0, 0.1) is 0 Å². The minimum atomic E-state index is 0.305. The number of nitrogens with two attached hydrogens (primary N) is 1. The van der Waals surface area contributed by atoms with E-state index in [9.17, 15) is 0 Å². The maximum Gasteiger partial charge on any atom is 0.0593 e. The third-order valence-corrected chi connectivity index (χ3v) is 3.39. The van der Waals surface area contributed by atoms with Gasteiger partial charge in [0.05, 0.1) is 13.2 Å². The fraction of sp³-hybridized carbons (Fsp3) is 0.625. The molecule has 0 spiro atoms. The van der Waals surface area contributed by atoms with Gasteiger partial charge in [0.15, 0.2) is 0 Å². The lowest BCUT2D eigenvalue weighted by atomic mass is 10.1. The van der Waals surface area contributed by atoms with Gasteiger partial charge < -0.3 is 15.2 Å². The maximum absolute atomic E-state index is 5.87. The third-order valence-electron chi connectivity index (χ3n) is 3.39. The largest absolute Gasteiger partial charge is 0.399 e. The first-order chi connectivity index (χ1) is 9.69. The van der Waals surface area contributed by atoms with Crippen molar-refractivity contribution < 1.29 is 9.47 Å². The molecular weight excluding hydrogens is 252 g/mol. The molecule has 114 valence electrons. The molecule has 0 bridgehead atoms. The first kappa shape index (κ1) is 17.0. The van der Waals surface area contributed by atoms with Crippen molar-refractivity contribution in [2.45, 2.75) is 26.8 Å². The smallest absolute Gasteiger partial charge is 0.0593 e. The summed E-state index contributed by atoms with van der Waals surface area (Å²) in [5.41, 5.74) is 7.92. The molecule has 0 saturated carbocycles. The van der Waals surface area contributed by atoms with E-state index < -0.39 is 0 Å². The molecule has 4 heteroatoms. The summed E-state index contributed by atoms with van der Waals surface area (Å²) in [5, 5.41) is 0. The molecule has 1 aromatic carbocycles. The molecule has 0 heterocycles. The zero-order valence-corrected chi connectivity index (χ0v) is 13.0. The number of nitrogen functional groups attached to an aromatic ring is 1. The SMILES string of the molecule is CCOCCN(CCOCC)C(C)c1cccc(N)c1. The molecule has 0 aliphatic rings. The van der Waals surface area contributed by atoms with Crippen molar-refractivity contribution in [2.24, 2.45) is 0 Å². The lowest BCUT2D eigenvalue weighted by Gasteiger charge is -2.29. The van der Waals surface area contributed by atoms with Crippen molar-refractivity contribution in [1.82, 2.24) is 4.90 Å². The van der Waals surface area contributed by atoms with Crippen LogP contribution in [0.4, 0.5) is 5.69 Å². The van der Waals surface area contributed by atoms with Crippen LogP contribution in [0.1, 0.15) is 32.4 Å². The minimum Gasteiger partial charge on any atom is -0.399 e. The standard InChI is InChI=1S/C16H28N2O2/c1-4-19-11-9-18(10-12-20-5-2)14(3)15-7-6-8-16(17)13-15/h6-8,13-14H,4-5,9-12,17H2,1-3H3. The van der Waals surface area contributed by atoms with Crippen molar-refractivity contribution >= 4 is 5.69 Å². The Labute approximate surface area is 122 Å². The van der Waals surface area contributed by atoms with Crippen molar-refractivity contribution in [3.8, 4) is 0 Å². The number of hydrogen-bond acceptors (Lipinski definition) is 4. The predicted molar refractivity (Wildman–Crippen MR) is 83.8 cm³/mol. The number of anilines is 1. The van der Waals surface area contributed by atoms with E-state index >= 15 is 0 Å². The average Bonchev–Trinajstić information content (AvgIpc) is 2.45. The Morgan fingerprint density at radius 3 is 2.20 bits per heavy atom. The molecule has 0 amide bonds. The third kappa shape index (κ3) is 5.90. The molecule has 0 saturated heterocycles. The van der Waals surface area contributed by atoms with Crippen LogP contribution in [-0.4, -0.2) is 44.4 Å². The monoisotopic (exact) mass is 280 g/mol. The Bertz CT molecular complexity index is 361. The molecule has 1 atom stereocenters. The van der Waals surface area contributed by atoms with Crippen LogP contribution in [0.25, 0.3) is 0 Å². The fourth-order valence-electron chi connectivity index (χ4n) is 2.18. The van der Waals surface area contributed by atoms with E-state index in [1.54, 1.807) is 0 Å². The Morgan fingerprint density at radius 2 is 1.70 bits per heavy atom. The normalized spacial score (nSPS) is 12.8. The summed E-state index contributed by atoms with van der Waals surface area (Å²) in [6, 6.07) is 8.39. The lowest BCUT2D eigenvalue weighted by molar-refractivity contribution is 0.0661. The van der Waals surface area contributed by atoms with Gasteiger partial charge in [0.1, 0.15) is 0 Å². The molecule has 0 aliphatic carbocycles. The molecule has 1 rings (SSSR count). The number of ether oxygens (including phenoxy) is 2. The Hall–Kier alpha value is -1.10. The molecule has 0 radical (unpaired) electrons. The first-order valence-electron chi connectivity index (χ1n) is 7.44. The van der Waals surface area contributed by atoms with E-state index in [2.05, 4.69) is 17.9 Å². The van der Waals surface area contributed by atoms with Gasteiger partial charge in [-0.1, -0.05) is 12.1 Å². The highest BCUT2D eigenvalue weighted by molar-refractivity contribution is 5.41. The van der Waals surface area contributed by atoms with Crippen LogP contribution in [-0.2, 0) is 9.47 Å². The Balaban J connectivity index is 2.63. The first-order valence-corrected chi connectivity index (χ1v) is 7.44. The fourth-order valence-corrected chi connectivity index (χ4v) is 2.18. The molecule has 0 aliphatic heterocycles. The van der Waals surface area contributed by atoms with Crippen molar-refractivity contribution in [3.63, 3.8) is 0 Å². The molecule has 2 N–H and O–H groups in total. The molecule has 4 nitrogen and oxygen atoms in total. The maximum atomic E-state index is 5.87. The lowest BCUT2D eigenvalue weighted by Crippen LogP contribution is -2.33. The highest BCUT2D eigenvalue weighted by Crippen LogP contribution is 2.21. The van der Waals surface area contributed by atoms with Gasteiger partial charge in [0.25, 0.3) is 0 Å². The van der Waals surface area contributed by atoms with Gasteiger partial charge in [0, 0.05) is 38.0 Å². The van der Waals surface area contributed by atoms with Gasteiger partial charge in [-0.15, -0.1) is 0 Å². The minimum absolute atomic E-state index is 0.305. The zero-order valence-electron chi connectivity index (χ0n) is 13.0. The molecular formula is C16H28N2O2. The van der Waals surface area contributed by atoms with Crippen molar-refractivity contribution in [2.75, 3.05) is 45.3 Å². The second-order valence-electron chi connectivity index (χ2n) is 4.78. The quantitative estimate of drug-likeness (QED) is 0.529. The van der Waals surface area contributed by atoms with Gasteiger partial charge in [-0.2, -0.15) is 0 Å². The van der Waals surface area contributed by atoms with Gasteiger partial charge in [0.2, 0.25) is 0 Å². The van der Waals surface area contributed by atoms with Crippen molar-refractivity contribution in [3.05, 3.63) is 29.8 Å². The van der Waals surface area contributed by atoms with E-state index in [0.717, 1.165) is 45.2 Å². The summed E-state index contributed by atoms with van der Waals surface area (Å²) in [7, 11) is 0. The molecule has 1 aromatic rings. The van der Waals surface area contributed by atoms with E-state index in [4.69, 9.17) is 15.2 Å². The summed E-state index contributed by atoms with van der Waals surface area (Å²) < 4.78 is 10.9. The molecule has 20 heavy (non-hydrogen) atoms. The van der Waals surface area contributed by atoms with Crippen LogP contribution in [0.5, 0.6) is 0 Å². The summed E-state index contributed by atoms with van der Waals surface area (Å²) in [5.74, 6) is 0. The second-order valence-corrected chi connectivity index (χ2v) is 4.78. The van der Waals surface area contributed by atoms with Crippen LogP contribution < -0.4 is 5.73 Å². The van der Waals surface area contributed by atoms with Crippen molar-refractivity contribution in [1.29, 1.82) is 0 Å². The Morgan fingerprint density at radius 1 is 1.10 bits per heavy atom. The number of nitrogens with zero attached hydrogens (tertiary/aromatic N) is 1. The Kier molecular flexibility index (Phi) is 8.26. The average molecular weight is 280 g/mol. The van der Waals surface area contributed by atoms with Crippen LogP contribution in [0.3, 0.4) is 0 Å². The molecule has 1 unspecified atom stereocenters. The van der Waals surface area contributed by atoms with E-state index in [1.165, 1.54) is 5.56 Å². The summed E-state index contributed by atoms with van der Waals surface area (Å²) in [6.45, 7) is 11.0. The number of hydrogen-bond donors (Lipinski definition) is 1. The van der Waals surface area contributed by atoms with E-state index in [-0.39, 0.29) is 0 Å². The van der Waals surface area contributed by atoms with E-state index in [1.807, 2.05) is 32.0 Å². The second kappa shape index (κ2) is 9.75. The van der Waals surface area contributed by atoms with Crippen LogP contribution in [0.15, 0.2) is 24.3 Å². The van der Waals surface area contributed by atoms with Gasteiger partial charge >= 0.3 is 0 Å². The topological polar surface area (TPSA) is 47.7 Å². The summed E-state index contributed by atoms with van der Waals surface area (Å²) >= 11 is 0. The number of benzene rings is 1. The van der Waals surface area contributed by atoms with Gasteiger partial charge in [-0.3, -0.25) is 4.90 Å². The van der Waals surface area contributed by atoms with Gasteiger partial charge in [-0.25, -0.2) is 0 Å². The zero-order chi connectivity index (χ0) is 14.8. The predicted octanol–water partition coefficient (Wildman–Crippen LogP) is 2.70. The summed E-state index contributed by atoms with van der Waals surface area (Å²) in [6.07, 6.45) is 0. The molecule has 0 fully saturated rings. The highest BCUT2D eigenvalue weighted by atomic mass is 16.5. The number of rotatable bonds is 10. The summed E-state index contributed by atoms with van der Waals surface area (Å²) in [4.78, 5) is 2.38. The van der Waals surface area contributed by atoms with E-state index in [0.29, 0.717) is 6.04 Å². The van der Waals surface area contributed by atoms with Crippen LogP contribution in [0.2, 0.25) is 0 Å². The highest BCUT2D eigenvalue weighted by Gasteiger charge is 2.15.